The van der Waals surface area contributed by atoms with Gasteiger partial charge in [0.1, 0.15) is 6.10 Å². The summed E-state index contributed by atoms with van der Waals surface area (Å²) in [5, 5.41) is 0. The van der Waals surface area contributed by atoms with Gasteiger partial charge < -0.3 is 14.2 Å². The van der Waals surface area contributed by atoms with Crippen LogP contribution >= 0.6 is 0 Å². The second-order valence-corrected chi connectivity index (χ2v) is 7.69. The summed E-state index contributed by atoms with van der Waals surface area (Å²) in [4.78, 5) is 0. The lowest BCUT2D eigenvalue weighted by Gasteiger charge is -2.43. The molecular formula is C18H24F6O3. The van der Waals surface area contributed by atoms with Crippen molar-refractivity contribution in [1.82, 2.24) is 0 Å². The van der Waals surface area contributed by atoms with Gasteiger partial charge in [0, 0.05) is 12.5 Å². The van der Waals surface area contributed by atoms with Crippen molar-refractivity contribution >= 4 is 0 Å². The van der Waals surface area contributed by atoms with E-state index in [1.807, 2.05) is 6.08 Å². The number of allylic oxidation sites excluding steroid dienone is 1. The van der Waals surface area contributed by atoms with E-state index in [2.05, 4.69) is 4.74 Å². The van der Waals surface area contributed by atoms with Gasteiger partial charge in [0.15, 0.2) is 6.29 Å². The molecule has 2 bridgehead atoms. The molecular weight excluding hydrogens is 378 g/mol. The number of hydrogen-bond acceptors (Lipinski definition) is 3. The first kappa shape index (κ1) is 20.8. The molecule has 2 aliphatic carbocycles. The van der Waals surface area contributed by atoms with Crippen molar-refractivity contribution in [3.8, 4) is 0 Å². The summed E-state index contributed by atoms with van der Waals surface area (Å²) in [6.45, 7) is 2.49. The molecule has 0 radical (unpaired) electrons. The van der Waals surface area contributed by atoms with Crippen molar-refractivity contribution in [1.29, 1.82) is 0 Å². The standard InChI is InChI=1S/C18H24F6O3/c1-3-25-10(2)27-16(17(19,20)21,18(22,23)24)9-12-7-11-8-14(12)15-13(11)5-4-6-26-15/h4,6,10-15H,3,5,7-9H2,1-2H3. The van der Waals surface area contributed by atoms with E-state index in [0.29, 0.717) is 12.8 Å². The first-order valence-corrected chi connectivity index (χ1v) is 9.23. The van der Waals surface area contributed by atoms with Gasteiger partial charge in [-0.25, -0.2) is 0 Å². The Kier molecular flexibility index (Phi) is 5.49. The molecule has 3 aliphatic rings. The second-order valence-electron chi connectivity index (χ2n) is 7.69. The van der Waals surface area contributed by atoms with Gasteiger partial charge in [-0.15, -0.1) is 0 Å². The summed E-state index contributed by atoms with van der Waals surface area (Å²) in [5.74, 6) is -0.802. The van der Waals surface area contributed by atoms with Crippen LogP contribution in [-0.2, 0) is 14.2 Å². The van der Waals surface area contributed by atoms with Crippen LogP contribution in [0, 0.1) is 23.7 Å². The summed E-state index contributed by atoms with van der Waals surface area (Å²) in [6, 6.07) is 0. The third-order valence-corrected chi connectivity index (χ3v) is 6.21. The van der Waals surface area contributed by atoms with Gasteiger partial charge >= 0.3 is 12.4 Å². The molecule has 1 aliphatic heterocycles. The van der Waals surface area contributed by atoms with E-state index in [9.17, 15) is 26.3 Å². The van der Waals surface area contributed by atoms with Crippen LogP contribution in [0.2, 0.25) is 0 Å². The summed E-state index contributed by atoms with van der Waals surface area (Å²) < 4.78 is 97.5. The molecule has 156 valence electrons. The average Bonchev–Trinajstić information content (AvgIpc) is 3.11. The minimum atomic E-state index is -5.61. The molecule has 27 heavy (non-hydrogen) atoms. The summed E-state index contributed by atoms with van der Waals surface area (Å²) in [5.41, 5.74) is -4.25. The molecule has 0 aromatic rings. The minimum Gasteiger partial charge on any atom is -0.498 e. The maximum Gasteiger partial charge on any atom is 0.426 e. The monoisotopic (exact) mass is 402 g/mol. The van der Waals surface area contributed by atoms with Crippen LogP contribution in [-0.4, -0.2) is 37.0 Å². The third-order valence-electron chi connectivity index (χ3n) is 6.21. The molecule has 6 unspecified atom stereocenters. The molecule has 2 fully saturated rings. The maximum atomic E-state index is 13.8. The fourth-order valence-electron chi connectivity index (χ4n) is 5.16. The average molecular weight is 402 g/mol. The SMILES string of the molecule is CCOC(C)OC(CC1CC2CC1C1OC=CCC21)(C(F)(F)F)C(F)(F)F. The van der Waals surface area contributed by atoms with Crippen molar-refractivity contribution in [2.24, 2.45) is 23.7 Å². The van der Waals surface area contributed by atoms with Crippen LogP contribution < -0.4 is 0 Å². The van der Waals surface area contributed by atoms with Crippen molar-refractivity contribution in [3.05, 3.63) is 12.3 Å². The van der Waals surface area contributed by atoms with Crippen LogP contribution in [0.1, 0.15) is 39.5 Å². The molecule has 9 heteroatoms. The topological polar surface area (TPSA) is 27.7 Å². The first-order chi connectivity index (χ1) is 12.5. The molecule has 0 aromatic heterocycles. The van der Waals surface area contributed by atoms with Crippen molar-refractivity contribution < 1.29 is 40.6 Å². The van der Waals surface area contributed by atoms with Gasteiger partial charge in [-0.05, 0) is 63.4 Å². The second kappa shape index (κ2) is 7.13. The van der Waals surface area contributed by atoms with E-state index in [1.165, 1.54) is 13.2 Å². The normalized spacial score (nSPS) is 34.4. The number of hydrogen-bond donors (Lipinski definition) is 0. The van der Waals surface area contributed by atoms with Crippen molar-refractivity contribution in [2.45, 2.75) is 69.9 Å². The Morgan fingerprint density at radius 1 is 1.07 bits per heavy atom. The highest BCUT2D eigenvalue weighted by Crippen LogP contribution is 2.60. The number of ether oxygens (including phenoxy) is 3. The number of rotatable bonds is 6. The maximum absolute atomic E-state index is 13.8. The first-order valence-electron chi connectivity index (χ1n) is 9.23. The van der Waals surface area contributed by atoms with Crippen LogP contribution in [0.25, 0.3) is 0 Å². The van der Waals surface area contributed by atoms with E-state index in [4.69, 9.17) is 9.47 Å². The molecule has 0 aromatic carbocycles. The van der Waals surface area contributed by atoms with E-state index < -0.39 is 36.6 Å². The Hall–Kier alpha value is -0.960. The van der Waals surface area contributed by atoms with Crippen LogP contribution in [0.5, 0.6) is 0 Å². The van der Waals surface area contributed by atoms with Crippen LogP contribution in [0.4, 0.5) is 26.3 Å². The van der Waals surface area contributed by atoms with Crippen LogP contribution in [0.3, 0.4) is 0 Å². The lowest BCUT2D eigenvalue weighted by Crippen LogP contribution is -2.61. The van der Waals surface area contributed by atoms with Crippen molar-refractivity contribution in [2.75, 3.05) is 6.61 Å². The van der Waals surface area contributed by atoms with Gasteiger partial charge in [-0.1, -0.05) is 0 Å². The predicted molar refractivity (Wildman–Crippen MR) is 83.5 cm³/mol. The number of halogens is 6. The molecule has 3 nitrogen and oxygen atoms in total. The summed E-state index contributed by atoms with van der Waals surface area (Å²) >= 11 is 0. The molecule has 6 atom stereocenters. The Morgan fingerprint density at radius 3 is 2.33 bits per heavy atom. The molecule has 0 saturated heterocycles. The quantitative estimate of drug-likeness (QED) is 0.451. The van der Waals surface area contributed by atoms with Gasteiger partial charge in [0.05, 0.1) is 6.26 Å². The van der Waals surface area contributed by atoms with Gasteiger partial charge in [-0.3, -0.25) is 0 Å². The number of alkyl halides is 6. The molecule has 0 N–H and O–H groups in total. The zero-order valence-corrected chi connectivity index (χ0v) is 15.1. The fraction of sp³-hybridized carbons (Fsp3) is 0.889. The molecule has 3 rings (SSSR count). The van der Waals surface area contributed by atoms with Crippen molar-refractivity contribution in [3.63, 3.8) is 0 Å². The highest BCUT2D eigenvalue weighted by atomic mass is 19.4. The molecule has 1 heterocycles. The molecule has 0 amide bonds. The zero-order chi connectivity index (χ0) is 20.0. The van der Waals surface area contributed by atoms with E-state index in [-0.39, 0.29) is 30.5 Å². The lowest BCUT2D eigenvalue weighted by atomic mass is 9.73. The fourth-order valence-corrected chi connectivity index (χ4v) is 5.16. The number of fused-ring (bicyclic) bond motifs is 5. The lowest BCUT2D eigenvalue weighted by molar-refractivity contribution is -0.412. The highest BCUT2D eigenvalue weighted by molar-refractivity contribution is 5.09. The highest BCUT2D eigenvalue weighted by Gasteiger charge is 2.74. The molecule has 2 saturated carbocycles. The van der Waals surface area contributed by atoms with Gasteiger partial charge in [0.2, 0.25) is 0 Å². The van der Waals surface area contributed by atoms with E-state index in [1.54, 1.807) is 0 Å². The Balaban J connectivity index is 1.87. The Labute approximate surface area is 154 Å². The van der Waals surface area contributed by atoms with E-state index in [0.717, 1.165) is 13.3 Å². The van der Waals surface area contributed by atoms with Gasteiger partial charge in [0.25, 0.3) is 5.60 Å². The smallest absolute Gasteiger partial charge is 0.426 e. The third kappa shape index (κ3) is 3.57. The Morgan fingerprint density at radius 2 is 1.74 bits per heavy atom. The summed E-state index contributed by atoms with van der Waals surface area (Å²) in [7, 11) is 0. The Bertz CT molecular complexity index is 544. The zero-order valence-electron chi connectivity index (χ0n) is 15.1. The predicted octanol–water partition coefficient (Wildman–Crippen LogP) is 5.21. The van der Waals surface area contributed by atoms with Gasteiger partial charge in [-0.2, -0.15) is 26.3 Å². The largest absolute Gasteiger partial charge is 0.498 e. The van der Waals surface area contributed by atoms with E-state index >= 15 is 0 Å². The summed E-state index contributed by atoms with van der Waals surface area (Å²) in [6.07, 6.45) is -9.23. The minimum absolute atomic E-state index is 0.0506. The molecule has 0 spiro atoms. The van der Waals surface area contributed by atoms with Crippen LogP contribution in [0.15, 0.2) is 12.3 Å².